The van der Waals surface area contributed by atoms with Gasteiger partial charge in [-0.2, -0.15) is 5.10 Å². The highest BCUT2D eigenvalue weighted by Gasteiger charge is 2.15. The molecule has 138 valence electrons. The zero-order chi connectivity index (χ0) is 18.5. The number of thiazole rings is 1. The minimum Gasteiger partial charge on any atom is -0.265 e. The van der Waals surface area contributed by atoms with Gasteiger partial charge in [0.2, 0.25) is 4.80 Å². The van der Waals surface area contributed by atoms with Crippen molar-refractivity contribution in [3.05, 3.63) is 70.1 Å². The summed E-state index contributed by atoms with van der Waals surface area (Å²) < 4.78 is 1.92. The Labute approximate surface area is 164 Å². The Kier molecular flexibility index (Phi) is 5.58. The second kappa shape index (κ2) is 8.44. The molecule has 2 heterocycles. The van der Waals surface area contributed by atoms with Gasteiger partial charge in [-0.1, -0.05) is 43.5 Å². The summed E-state index contributed by atoms with van der Waals surface area (Å²) in [6.07, 6.45) is 12.2. The van der Waals surface area contributed by atoms with E-state index in [4.69, 9.17) is 0 Å². The average Bonchev–Trinajstić information content (AvgIpc) is 3.16. The molecule has 2 aromatic heterocycles. The van der Waals surface area contributed by atoms with Crippen LogP contribution in [-0.2, 0) is 0 Å². The fourth-order valence-corrected chi connectivity index (χ4v) is 4.50. The summed E-state index contributed by atoms with van der Waals surface area (Å²) in [6, 6.07) is 12.9. The van der Waals surface area contributed by atoms with Crippen molar-refractivity contribution >= 4 is 17.6 Å². The normalized spacial score (nSPS) is 16.3. The first-order chi connectivity index (χ1) is 13.3. The van der Waals surface area contributed by atoms with Gasteiger partial charge >= 0.3 is 0 Å². The second-order valence-electron chi connectivity index (χ2n) is 6.92. The van der Waals surface area contributed by atoms with Gasteiger partial charge in [0.05, 0.1) is 11.9 Å². The second-order valence-corrected chi connectivity index (χ2v) is 7.76. The van der Waals surface area contributed by atoms with Crippen LogP contribution in [0.2, 0.25) is 0 Å². The van der Waals surface area contributed by atoms with E-state index in [2.05, 4.69) is 44.7 Å². The zero-order valence-electron chi connectivity index (χ0n) is 15.6. The van der Waals surface area contributed by atoms with Gasteiger partial charge in [0.1, 0.15) is 0 Å². The number of rotatable bonds is 4. The van der Waals surface area contributed by atoms with E-state index < -0.39 is 0 Å². The molecule has 0 aliphatic heterocycles. The molecular weight excluding hydrogens is 352 g/mol. The Hall–Kier alpha value is -2.53. The van der Waals surface area contributed by atoms with Crippen LogP contribution in [0.5, 0.6) is 0 Å². The monoisotopic (exact) mass is 376 g/mol. The summed E-state index contributed by atoms with van der Waals surface area (Å²) >= 11 is 1.61. The Morgan fingerprint density at radius 2 is 1.78 bits per heavy atom. The van der Waals surface area contributed by atoms with E-state index in [1.807, 2.05) is 23.0 Å². The lowest BCUT2D eigenvalue weighted by atomic mass is 9.84. The Morgan fingerprint density at radius 1 is 1.04 bits per heavy atom. The molecule has 3 aromatic rings. The molecule has 1 fully saturated rings. The maximum absolute atomic E-state index is 4.68. The summed E-state index contributed by atoms with van der Waals surface area (Å²) in [5.74, 6) is 0.730. The molecule has 0 spiro atoms. The minimum absolute atomic E-state index is 0.730. The largest absolute Gasteiger partial charge is 0.265 e. The molecule has 0 N–H and O–H groups in total. The Bertz CT molecular complexity index is 962. The smallest absolute Gasteiger partial charge is 0.205 e. The van der Waals surface area contributed by atoms with E-state index in [0.717, 1.165) is 22.0 Å². The molecule has 0 amide bonds. The summed E-state index contributed by atoms with van der Waals surface area (Å²) in [4.78, 5) is 9.31. The summed E-state index contributed by atoms with van der Waals surface area (Å²) in [6.45, 7) is 0. The molecule has 4 nitrogen and oxygen atoms in total. The molecule has 0 saturated heterocycles. The van der Waals surface area contributed by atoms with E-state index >= 15 is 0 Å². The molecule has 0 radical (unpaired) electrons. The van der Waals surface area contributed by atoms with Gasteiger partial charge in [-0.05, 0) is 42.0 Å². The highest BCUT2D eigenvalue weighted by Crippen LogP contribution is 2.33. The molecule has 1 saturated carbocycles. The molecule has 0 bridgehead atoms. The van der Waals surface area contributed by atoms with Gasteiger partial charge in [0.25, 0.3) is 0 Å². The van der Waals surface area contributed by atoms with E-state index in [0.29, 0.717) is 0 Å². The lowest BCUT2D eigenvalue weighted by Gasteiger charge is -2.22. The van der Waals surface area contributed by atoms with Crippen LogP contribution in [0.15, 0.2) is 64.3 Å². The molecule has 27 heavy (non-hydrogen) atoms. The maximum Gasteiger partial charge on any atom is 0.205 e. The SMILES string of the molecule is CN=c1scc(-c2ccc(C3CCCCC3)cc2)n1N=Cc1ccncc1. The van der Waals surface area contributed by atoms with Crippen molar-refractivity contribution in [3.63, 3.8) is 0 Å². The third kappa shape index (κ3) is 4.08. The van der Waals surface area contributed by atoms with Crippen LogP contribution in [0, 0.1) is 0 Å². The van der Waals surface area contributed by atoms with Crippen molar-refractivity contribution in [1.82, 2.24) is 9.66 Å². The van der Waals surface area contributed by atoms with Crippen molar-refractivity contribution in [3.8, 4) is 11.3 Å². The van der Waals surface area contributed by atoms with Crippen molar-refractivity contribution in [2.75, 3.05) is 7.05 Å². The first kappa shape index (κ1) is 17.9. The topological polar surface area (TPSA) is 42.5 Å². The van der Waals surface area contributed by atoms with Gasteiger partial charge in [0.15, 0.2) is 0 Å². The number of benzene rings is 1. The fourth-order valence-electron chi connectivity index (χ4n) is 3.70. The first-order valence-corrected chi connectivity index (χ1v) is 10.4. The van der Waals surface area contributed by atoms with Crippen molar-refractivity contribution in [2.45, 2.75) is 38.0 Å². The number of nitrogens with zero attached hydrogens (tertiary/aromatic N) is 4. The number of aromatic nitrogens is 2. The van der Waals surface area contributed by atoms with Crippen LogP contribution in [0.3, 0.4) is 0 Å². The predicted octanol–water partition coefficient (Wildman–Crippen LogP) is 5.07. The van der Waals surface area contributed by atoms with Gasteiger partial charge < -0.3 is 0 Å². The van der Waals surface area contributed by atoms with Gasteiger partial charge in [-0.15, -0.1) is 11.3 Å². The third-order valence-corrected chi connectivity index (χ3v) is 6.10. The van der Waals surface area contributed by atoms with Crippen molar-refractivity contribution in [1.29, 1.82) is 0 Å². The van der Waals surface area contributed by atoms with Gasteiger partial charge in [-0.3, -0.25) is 9.98 Å². The average molecular weight is 377 g/mol. The molecule has 0 atom stereocenters. The summed E-state index contributed by atoms with van der Waals surface area (Å²) in [7, 11) is 1.81. The molecule has 1 aliphatic rings. The standard InChI is InChI=1S/C22H24N4S/c1-23-22-26(25-15-17-11-13-24-14-12-17)21(16-27-22)20-9-7-19(8-10-20)18-5-3-2-4-6-18/h7-16,18H,2-6H2,1H3. The molecule has 1 aliphatic carbocycles. The highest BCUT2D eigenvalue weighted by atomic mass is 32.1. The Balaban J connectivity index is 1.64. The van der Waals surface area contributed by atoms with Gasteiger partial charge in [-0.25, -0.2) is 4.68 Å². The molecule has 1 aromatic carbocycles. The zero-order valence-corrected chi connectivity index (χ0v) is 16.4. The van der Waals surface area contributed by atoms with E-state index in [9.17, 15) is 0 Å². The molecular formula is C22H24N4S. The lowest BCUT2D eigenvalue weighted by Crippen LogP contribution is -2.11. The quantitative estimate of drug-likeness (QED) is 0.586. The minimum atomic E-state index is 0.730. The van der Waals surface area contributed by atoms with Crippen molar-refractivity contribution in [2.24, 2.45) is 10.1 Å². The van der Waals surface area contributed by atoms with Crippen LogP contribution < -0.4 is 4.80 Å². The predicted molar refractivity (Wildman–Crippen MR) is 112 cm³/mol. The number of pyridine rings is 1. The van der Waals surface area contributed by atoms with Crippen LogP contribution in [0.4, 0.5) is 0 Å². The van der Waals surface area contributed by atoms with Crippen LogP contribution in [0.1, 0.15) is 49.1 Å². The van der Waals surface area contributed by atoms with E-state index in [-0.39, 0.29) is 0 Å². The van der Waals surface area contributed by atoms with Crippen LogP contribution in [-0.4, -0.2) is 22.9 Å². The van der Waals surface area contributed by atoms with E-state index in [1.165, 1.54) is 43.2 Å². The summed E-state index contributed by atoms with van der Waals surface area (Å²) in [5.41, 5.74) is 4.74. The number of hydrogen-bond donors (Lipinski definition) is 0. The maximum atomic E-state index is 4.68. The van der Waals surface area contributed by atoms with Crippen molar-refractivity contribution < 1.29 is 0 Å². The van der Waals surface area contributed by atoms with Crippen LogP contribution in [0.25, 0.3) is 11.3 Å². The summed E-state index contributed by atoms with van der Waals surface area (Å²) in [5, 5.41) is 6.80. The Morgan fingerprint density at radius 3 is 2.48 bits per heavy atom. The fraction of sp³-hybridized carbons (Fsp3) is 0.318. The molecule has 4 rings (SSSR count). The first-order valence-electron chi connectivity index (χ1n) is 9.53. The number of hydrogen-bond acceptors (Lipinski definition) is 4. The van der Waals surface area contributed by atoms with Gasteiger partial charge in [0, 0.05) is 30.4 Å². The van der Waals surface area contributed by atoms with Crippen LogP contribution >= 0.6 is 11.3 Å². The lowest BCUT2D eigenvalue weighted by molar-refractivity contribution is 0.443. The molecule has 0 unspecified atom stereocenters. The molecule has 5 heteroatoms. The third-order valence-electron chi connectivity index (χ3n) is 5.19. The highest BCUT2D eigenvalue weighted by molar-refractivity contribution is 7.07. The van der Waals surface area contributed by atoms with E-state index in [1.54, 1.807) is 30.8 Å².